The highest BCUT2D eigenvalue weighted by molar-refractivity contribution is 5.79. The Labute approximate surface area is 79.0 Å². The second kappa shape index (κ2) is 5.19. The summed E-state index contributed by atoms with van der Waals surface area (Å²) in [5.74, 6) is 0.319. The highest BCUT2D eigenvalue weighted by atomic mass is 16.5. The first-order chi connectivity index (χ1) is 6.24. The molecule has 0 aromatic carbocycles. The first-order valence-electron chi connectivity index (χ1n) is 4.84. The van der Waals surface area contributed by atoms with Crippen molar-refractivity contribution in [2.75, 3.05) is 26.2 Å². The van der Waals surface area contributed by atoms with Crippen molar-refractivity contribution in [3.63, 3.8) is 0 Å². The van der Waals surface area contributed by atoms with Gasteiger partial charge in [0.2, 0.25) is 5.91 Å². The Hall–Kier alpha value is -0.610. The van der Waals surface area contributed by atoms with E-state index in [1.165, 1.54) is 0 Å². The molecule has 1 amide bonds. The molecule has 4 heteroatoms. The minimum atomic E-state index is 0.113. The molecule has 1 atom stereocenters. The van der Waals surface area contributed by atoms with Gasteiger partial charge in [0.1, 0.15) is 0 Å². The van der Waals surface area contributed by atoms with E-state index in [1.54, 1.807) is 0 Å². The standard InChI is InChI=1S/C9H18N2O2/c1-3-13-7(2)4-11-9(12)8-5-10-6-8/h7-8,10H,3-6H2,1-2H3,(H,11,12). The minimum absolute atomic E-state index is 0.113. The molecule has 0 radical (unpaired) electrons. The number of nitrogens with one attached hydrogen (secondary N) is 2. The third kappa shape index (κ3) is 3.32. The van der Waals surface area contributed by atoms with Gasteiger partial charge in [-0.2, -0.15) is 0 Å². The summed E-state index contributed by atoms with van der Waals surface area (Å²) in [7, 11) is 0. The molecule has 0 aromatic heterocycles. The van der Waals surface area contributed by atoms with Crippen LogP contribution < -0.4 is 10.6 Å². The number of ether oxygens (including phenoxy) is 1. The Morgan fingerprint density at radius 1 is 1.69 bits per heavy atom. The fourth-order valence-electron chi connectivity index (χ4n) is 1.21. The fourth-order valence-corrected chi connectivity index (χ4v) is 1.21. The highest BCUT2D eigenvalue weighted by Crippen LogP contribution is 2.01. The molecule has 1 rings (SSSR count). The Bertz CT molecular complexity index is 169. The van der Waals surface area contributed by atoms with Crippen molar-refractivity contribution in [1.82, 2.24) is 10.6 Å². The van der Waals surface area contributed by atoms with Crippen LogP contribution in [0.5, 0.6) is 0 Å². The van der Waals surface area contributed by atoms with Gasteiger partial charge in [0.25, 0.3) is 0 Å². The van der Waals surface area contributed by atoms with Gasteiger partial charge in [0.15, 0.2) is 0 Å². The molecule has 1 fully saturated rings. The number of hydrogen-bond acceptors (Lipinski definition) is 3. The molecular formula is C9H18N2O2. The third-order valence-electron chi connectivity index (χ3n) is 2.17. The monoisotopic (exact) mass is 186 g/mol. The number of rotatable bonds is 5. The van der Waals surface area contributed by atoms with E-state index in [1.807, 2.05) is 13.8 Å². The smallest absolute Gasteiger partial charge is 0.225 e. The summed E-state index contributed by atoms with van der Waals surface area (Å²) in [5, 5.41) is 5.93. The van der Waals surface area contributed by atoms with E-state index in [4.69, 9.17) is 4.74 Å². The van der Waals surface area contributed by atoms with Crippen LogP contribution in [0.3, 0.4) is 0 Å². The lowest BCUT2D eigenvalue weighted by Crippen LogP contribution is -2.51. The second-order valence-electron chi connectivity index (χ2n) is 3.37. The van der Waals surface area contributed by atoms with E-state index in [0.29, 0.717) is 13.2 Å². The average Bonchev–Trinajstić information content (AvgIpc) is 1.98. The maximum absolute atomic E-state index is 11.3. The molecule has 0 aromatic rings. The Morgan fingerprint density at radius 2 is 2.38 bits per heavy atom. The molecular weight excluding hydrogens is 168 g/mol. The van der Waals surface area contributed by atoms with Gasteiger partial charge in [-0.1, -0.05) is 0 Å². The summed E-state index contributed by atoms with van der Waals surface area (Å²) in [6.07, 6.45) is 0.113. The predicted molar refractivity (Wildman–Crippen MR) is 50.5 cm³/mol. The van der Waals surface area contributed by atoms with Gasteiger partial charge in [-0.15, -0.1) is 0 Å². The molecule has 1 saturated heterocycles. The van der Waals surface area contributed by atoms with E-state index in [9.17, 15) is 4.79 Å². The van der Waals surface area contributed by atoms with E-state index >= 15 is 0 Å². The van der Waals surface area contributed by atoms with Gasteiger partial charge >= 0.3 is 0 Å². The molecule has 1 heterocycles. The average molecular weight is 186 g/mol. The van der Waals surface area contributed by atoms with Crippen molar-refractivity contribution in [2.24, 2.45) is 5.92 Å². The molecule has 0 bridgehead atoms. The van der Waals surface area contributed by atoms with Crippen LogP contribution in [-0.2, 0) is 9.53 Å². The SMILES string of the molecule is CCOC(C)CNC(=O)C1CNC1. The topological polar surface area (TPSA) is 50.4 Å². The van der Waals surface area contributed by atoms with Crippen molar-refractivity contribution in [1.29, 1.82) is 0 Å². The largest absolute Gasteiger partial charge is 0.377 e. The Morgan fingerprint density at radius 3 is 2.85 bits per heavy atom. The van der Waals surface area contributed by atoms with Crippen molar-refractivity contribution < 1.29 is 9.53 Å². The van der Waals surface area contributed by atoms with Gasteiger partial charge in [-0.3, -0.25) is 4.79 Å². The van der Waals surface area contributed by atoms with Gasteiger partial charge in [0, 0.05) is 26.2 Å². The quantitative estimate of drug-likeness (QED) is 0.622. The number of carbonyl (C=O) groups excluding carboxylic acids is 1. The summed E-state index contributed by atoms with van der Waals surface area (Å²) in [4.78, 5) is 11.3. The molecule has 0 spiro atoms. The molecule has 76 valence electrons. The first-order valence-corrected chi connectivity index (χ1v) is 4.84. The molecule has 0 saturated carbocycles. The Kier molecular flexibility index (Phi) is 4.18. The summed E-state index contributed by atoms with van der Waals surface area (Å²) < 4.78 is 5.29. The van der Waals surface area contributed by atoms with Crippen molar-refractivity contribution in [3.8, 4) is 0 Å². The van der Waals surface area contributed by atoms with Crippen LogP contribution in [0.2, 0.25) is 0 Å². The fraction of sp³-hybridized carbons (Fsp3) is 0.889. The second-order valence-corrected chi connectivity index (χ2v) is 3.37. The lowest BCUT2D eigenvalue weighted by Gasteiger charge is -2.26. The van der Waals surface area contributed by atoms with Gasteiger partial charge < -0.3 is 15.4 Å². The maximum atomic E-state index is 11.3. The van der Waals surface area contributed by atoms with Crippen LogP contribution in [0.15, 0.2) is 0 Å². The molecule has 1 unspecified atom stereocenters. The normalized spacial score (nSPS) is 19.2. The zero-order valence-corrected chi connectivity index (χ0v) is 8.30. The van der Waals surface area contributed by atoms with Gasteiger partial charge in [0.05, 0.1) is 12.0 Å². The summed E-state index contributed by atoms with van der Waals surface area (Å²) in [6, 6.07) is 0. The van der Waals surface area contributed by atoms with Crippen LogP contribution >= 0.6 is 0 Å². The van der Waals surface area contributed by atoms with E-state index < -0.39 is 0 Å². The predicted octanol–water partition coefficient (Wildman–Crippen LogP) is -0.253. The van der Waals surface area contributed by atoms with Crippen LogP contribution in [-0.4, -0.2) is 38.3 Å². The molecule has 2 N–H and O–H groups in total. The lowest BCUT2D eigenvalue weighted by molar-refractivity contribution is -0.127. The molecule has 0 aliphatic carbocycles. The summed E-state index contributed by atoms with van der Waals surface area (Å²) in [5.41, 5.74) is 0. The van der Waals surface area contributed by atoms with Crippen molar-refractivity contribution in [2.45, 2.75) is 20.0 Å². The number of carbonyl (C=O) groups is 1. The van der Waals surface area contributed by atoms with Crippen molar-refractivity contribution in [3.05, 3.63) is 0 Å². The molecule has 13 heavy (non-hydrogen) atoms. The molecule has 4 nitrogen and oxygen atoms in total. The van der Waals surface area contributed by atoms with Gasteiger partial charge in [-0.25, -0.2) is 0 Å². The van der Waals surface area contributed by atoms with E-state index in [0.717, 1.165) is 13.1 Å². The minimum Gasteiger partial charge on any atom is -0.377 e. The number of hydrogen-bond donors (Lipinski definition) is 2. The molecule has 1 aliphatic rings. The third-order valence-corrected chi connectivity index (χ3v) is 2.17. The van der Waals surface area contributed by atoms with Crippen LogP contribution in [0.4, 0.5) is 0 Å². The highest BCUT2D eigenvalue weighted by Gasteiger charge is 2.24. The zero-order valence-electron chi connectivity index (χ0n) is 8.30. The Balaban J connectivity index is 2.06. The zero-order chi connectivity index (χ0) is 9.68. The van der Waals surface area contributed by atoms with Crippen LogP contribution in [0, 0.1) is 5.92 Å². The van der Waals surface area contributed by atoms with Crippen LogP contribution in [0.25, 0.3) is 0 Å². The maximum Gasteiger partial charge on any atom is 0.225 e. The first kappa shape index (κ1) is 10.5. The molecule has 1 aliphatic heterocycles. The van der Waals surface area contributed by atoms with E-state index in [2.05, 4.69) is 10.6 Å². The summed E-state index contributed by atoms with van der Waals surface area (Å²) >= 11 is 0. The van der Waals surface area contributed by atoms with Crippen molar-refractivity contribution >= 4 is 5.91 Å². The van der Waals surface area contributed by atoms with Gasteiger partial charge in [-0.05, 0) is 13.8 Å². The summed E-state index contributed by atoms with van der Waals surface area (Å²) in [6.45, 7) is 6.85. The van der Waals surface area contributed by atoms with E-state index in [-0.39, 0.29) is 17.9 Å². The van der Waals surface area contributed by atoms with Crippen LogP contribution in [0.1, 0.15) is 13.8 Å². The number of amides is 1. The lowest BCUT2D eigenvalue weighted by atomic mass is 10.0.